The smallest absolute Gasteiger partial charge is 0.410 e. The summed E-state index contributed by atoms with van der Waals surface area (Å²) in [5.41, 5.74) is 3.60. The first kappa shape index (κ1) is 14.9. The SMILES string of the molecule is Cc1cc(C)n2nc(C)c(C(=O)N3CCN4C(=O)OC[C@@H]4C3)c2n1. The number of amides is 2. The summed E-state index contributed by atoms with van der Waals surface area (Å²) in [7, 11) is 0. The van der Waals surface area contributed by atoms with E-state index in [4.69, 9.17) is 4.74 Å². The number of aromatic nitrogens is 3. The molecule has 4 rings (SSSR count). The first-order chi connectivity index (χ1) is 11.5. The highest BCUT2D eigenvalue weighted by Crippen LogP contribution is 2.22. The van der Waals surface area contributed by atoms with Gasteiger partial charge in [-0.1, -0.05) is 0 Å². The summed E-state index contributed by atoms with van der Waals surface area (Å²) in [6.07, 6.45) is -0.285. The Morgan fingerprint density at radius 1 is 1.29 bits per heavy atom. The maximum atomic E-state index is 13.1. The third-order valence-electron chi connectivity index (χ3n) is 4.69. The molecule has 0 saturated carbocycles. The van der Waals surface area contributed by atoms with E-state index < -0.39 is 0 Å². The first-order valence-corrected chi connectivity index (χ1v) is 8.02. The van der Waals surface area contributed by atoms with Crippen LogP contribution in [0.4, 0.5) is 4.79 Å². The van der Waals surface area contributed by atoms with Gasteiger partial charge in [-0.05, 0) is 26.8 Å². The molecule has 0 N–H and O–H groups in total. The quantitative estimate of drug-likeness (QED) is 0.777. The van der Waals surface area contributed by atoms with Crippen molar-refractivity contribution < 1.29 is 14.3 Å². The van der Waals surface area contributed by atoms with Crippen LogP contribution in [0.1, 0.15) is 27.4 Å². The predicted octanol–water partition coefficient (Wildman–Crippen LogP) is 0.931. The van der Waals surface area contributed by atoms with Crippen LogP contribution in [0.3, 0.4) is 0 Å². The van der Waals surface area contributed by atoms with Crippen LogP contribution in [0.2, 0.25) is 0 Å². The van der Waals surface area contributed by atoms with Gasteiger partial charge in [0.05, 0.1) is 11.7 Å². The number of carbonyl (C=O) groups excluding carboxylic acids is 2. The van der Waals surface area contributed by atoms with Crippen LogP contribution >= 0.6 is 0 Å². The molecule has 2 saturated heterocycles. The van der Waals surface area contributed by atoms with E-state index in [2.05, 4.69) is 10.1 Å². The molecule has 0 aromatic carbocycles. The molecule has 0 radical (unpaired) electrons. The van der Waals surface area contributed by atoms with Gasteiger partial charge in [-0.15, -0.1) is 0 Å². The second-order valence-electron chi connectivity index (χ2n) is 6.41. The molecular weight excluding hydrogens is 310 g/mol. The molecule has 2 fully saturated rings. The average molecular weight is 329 g/mol. The van der Waals surface area contributed by atoms with Crippen molar-refractivity contribution in [1.82, 2.24) is 24.4 Å². The van der Waals surface area contributed by atoms with Crippen LogP contribution in [0.15, 0.2) is 6.07 Å². The number of nitrogens with zero attached hydrogens (tertiary/aromatic N) is 5. The lowest BCUT2D eigenvalue weighted by atomic mass is 10.1. The third kappa shape index (κ3) is 2.13. The van der Waals surface area contributed by atoms with Crippen molar-refractivity contribution >= 4 is 17.6 Å². The number of ether oxygens (including phenoxy) is 1. The summed E-state index contributed by atoms with van der Waals surface area (Å²) >= 11 is 0. The van der Waals surface area contributed by atoms with Gasteiger partial charge in [0.2, 0.25) is 0 Å². The maximum Gasteiger partial charge on any atom is 0.410 e. The molecule has 0 bridgehead atoms. The molecule has 0 spiro atoms. The summed E-state index contributed by atoms with van der Waals surface area (Å²) in [4.78, 5) is 32.7. The number of hydrogen-bond acceptors (Lipinski definition) is 5. The number of hydrogen-bond donors (Lipinski definition) is 0. The maximum absolute atomic E-state index is 13.1. The largest absolute Gasteiger partial charge is 0.447 e. The molecule has 1 atom stereocenters. The molecule has 8 heteroatoms. The van der Waals surface area contributed by atoms with Gasteiger partial charge in [0.25, 0.3) is 5.91 Å². The Morgan fingerprint density at radius 3 is 2.88 bits per heavy atom. The van der Waals surface area contributed by atoms with Crippen molar-refractivity contribution in [2.45, 2.75) is 26.8 Å². The van der Waals surface area contributed by atoms with Crippen LogP contribution in [0, 0.1) is 20.8 Å². The summed E-state index contributed by atoms with van der Waals surface area (Å²) in [5, 5.41) is 4.47. The van der Waals surface area contributed by atoms with Gasteiger partial charge in [-0.3, -0.25) is 9.69 Å². The number of cyclic esters (lactones) is 1. The second kappa shape index (κ2) is 5.19. The van der Waals surface area contributed by atoms with Crippen molar-refractivity contribution in [2.75, 3.05) is 26.2 Å². The molecule has 2 aliphatic heterocycles. The van der Waals surface area contributed by atoms with E-state index in [1.807, 2.05) is 26.8 Å². The van der Waals surface area contributed by atoms with E-state index in [-0.39, 0.29) is 18.0 Å². The molecule has 2 aromatic rings. The zero-order chi connectivity index (χ0) is 17.0. The molecule has 0 aliphatic carbocycles. The first-order valence-electron chi connectivity index (χ1n) is 8.02. The number of carbonyl (C=O) groups is 2. The van der Waals surface area contributed by atoms with Crippen molar-refractivity contribution in [1.29, 1.82) is 0 Å². The molecular formula is C16H19N5O3. The normalized spacial score (nSPS) is 20.5. The van der Waals surface area contributed by atoms with Gasteiger partial charge in [0, 0.05) is 31.0 Å². The Bertz CT molecular complexity index is 859. The number of piperazine rings is 1. The lowest BCUT2D eigenvalue weighted by Gasteiger charge is -2.35. The molecule has 126 valence electrons. The van der Waals surface area contributed by atoms with Crippen LogP contribution in [0.25, 0.3) is 5.65 Å². The average Bonchev–Trinajstić information content (AvgIpc) is 3.07. The molecule has 2 aliphatic rings. The monoisotopic (exact) mass is 329 g/mol. The highest BCUT2D eigenvalue weighted by Gasteiger charge is 2.39. The predicted molar refractivity (Wildman–Crippen MR) is 84.9 cm³/mol. The van der Waals surface area contributed by atoms with Gasteiger partial charge < -0.3 is 9.64 Å². The lowest BCUT2D eigenvalue weighted by Crippen LogP contribution is -2.53. The lowest BCUT2D eigenvalue weighted by molar-refractivity contribution is 0.0618. The van der Waals surface area contributed by atoms with Crippen molar-refractivity contribution in [3.05, 3.63) is 28.7 Å². The summed E-state index contributed by atoms with van der Waals surface area (Å²) in [5.74, 6) is -0.0843. The summed E-state index contributed by atoms with van der Waals surface area (Å²) in [6, 6.07) is 1.88. The van der Waals surface area contributed by atoms with Crippen LogP contribution in [0.5, 0.6) is 0 Å². The number of fused-ring (bicyclic) bond motifs is 2. The zero-order valence-electron chi connectivity index (χ0n) is 13.9. The molecule has 0 unspecified atom stereocenters. The Kier molecular flexibility index (Phi) is 3.22. The van der Waals surface area contributed by atoms with E-state index in [0.717, 1.165) is 11.4 Å². The minimum absolute atomic E-state index is 0.0613. The summed E-state index contributed by atoms with van der Waals surface area (Å²) in [6.45, 7) is 7.49. The van der Waals surface area contributed by atoms with Gasteiger partial charge in [-0.25, -0.2) is 14.3 Å². The van der Waals surface area contributed by atoms with Crippen LogP contribution in [-0.4, -0.2) is 68.7 Å². The Hall–Kier alpha value is -2.64. The zero-order valence-corrected chi connectivity index (χ0v) is 13.9. The van der Waals surface area contributed by atoms with Crippen molar-refractivity contribution in [2.24, 2.45) is 0 Å². The minimum atomic E-state index is -0.285. The Balaban J connectivity index is 1.69. The van der Waals surface area contributed by atoms with Crippen molar-refractivity contribution in [3.8, 4) is 0 Å². The molecule has 2 aromatic heterocycles. The minimum Gasteiger partial charge on any atom is -0.447 e. The highest BCUT2D eigenvalue weighted by molar-refractivity contribution is 6.01. The van der Waals surface area contributed by atoms with Gasteiger partial charge in [-0.2, -0.15) is 5.10 Å². The Morgan fingerprint density at radius 2 is 2.08 bits per heavy atom. The second-order valence-corrected chi connectivity index (χ2v) is 6.41. The van der Waals surface area contributed by atoms with E-state index >= 15 is 0 Å². The van der Waals surface area contributed by atoms with E-state index in [0.29, 0.717) is 43.1 Å². The fraction of sp³-hybridized carbons (Fsp3) is 0.500. The Labute approximate surface area is 139 Å². The standard InChI is InChI=1S/C16H19N5O3/c1-9-6-10(2)21-14(17-9)13(11(3)18-21)15(22)19-4-5-20-12(7-19)8-24-16(20)23/h6,12H,4-5,7-8H2,1-3H3/t12-/m0/s1. The third-order valence-corrected chi connectivity index (χ3v) is 4.69. The van der Waals surface area contributed by atoms with Crippen LogP contribution in [-0.2, 0) is 4.74 Å². The molecule has 24 heavy (non-hydrogen) atoms. The van der Waals surface area contributed by atoms with Gasteiger partial charge >= 0.3 is 6.09 Å². The van der Waals surface area contributed by atoms with E-state index in [1.165, 1.54) is 0 Å². The number of rotatable bonds is 1. The van der Waals surface area contributed by atoms with Gasteiger partial charge in [0.15, 0.2) is 5.65 Å². The fourth-order valence-electron chi connectivity index (χ4n) is 3.51. The fourth-order valence-corrected chi connectivity index (χ4v) is 3.51. The molecule has 4 heterocycles. The topological polar surface area (TPSA) is 80.0 Å². The molecule has 2 amide bonds. The van der Waals surface area contributed by atoms with E-state index in [1.54, 1.807) is 14.3 Å². The van der Waals surface area contributed by atoms with Gasteiger partial charge in [0.1, 0.15) is 12.2 Å². The molecule has 8 nitrogen and oxygen atoms in total. The highest BCUT2D eigenvalue weighted by atomic mass is 16.6. The van der Waals surface area contributed by atoms with E-state index in [9.17, 15) is 9.59 Å². The summed E-state index contributed by atoms with van der Waals surface area (Å²) < 4.78 is 6.78. The number of aryl methyl sites for hydroxylation is 3. The van der Waals surface area contributed by atoms with Crippen molar-refractivity contribution in [3.63, 3.8) is 0 Å². The van der Waals surface area contributed by atoms with Crippen LogP contribution < -0.4 is 0 Å².